The van der Waals surface area contributed by atoms with E-state index in [2.05, 4.69) is 10.6 Å². The quantitative estimate of drug-likeness (QED) is 0.901. The standard InChI is InChI=1S/C15H16N2O3/c1-9-8-12(5-6-13(9)16-11(3)18)17-15(19)14-7-4-10(2)20-14/h4-8H,1-3H3,(H,16,18)(H,17,19). The zero-order chi connectivity index (χ0) is 14.7. The number of aryl methyl sites for hydroxylation is 2. The summed E-state index contributed by atoms with van der Waals surface area (Å²) in [7, 11) is 0. The number of nitrogens with one attached hydrogen (secondary N) is 2. The highest BCUT2D eigenvalue weighted by atomic mass is 16.3. The summed E-state index contributed by atoms with van der Waals surface area (Å²) >= 11 is 0. The Kier molecular flexibility index (Phi) is 3.89. The van der Waals surface area contributed by atoms with Crippen LogP contribution in [0, 0.1) is 13.8 Å². The van der Waals surface area contributed by atoms with E-state index in [0.717, 1.165) is 11.3 Å². The van der Waals surface area contributed by atoms with Crippen LogP contribution in [0.2, 0.25) is 0 Å². The minimum atomic E-state index is -0.301. The van der Waals surface area contributed by atoms with Gasteiger partial charge in [-0.1, -0.05) is 0 Å². The van der Waals surface area contributed by atoms with Crippen molar-refractivity contribution in [1.29, 1.82) is 0 Å². The topological polar surface area (TPSA) is 71.3 Å². The molecule has 2 aromatic rings. The largest absolute Gasteiger partial charge is 0.456 e. The zero-order valence-electron chi connectivity index (χ0n) is 11.6. The van der Waals surface area contributed by atoms with Crippen molar-refractivity contribution in [3.8, 4) is 0 Å². The van der Waals surface area contributed by atoms with E-state index < -0.39 is 0 Å². The molecule has 0 atom stereocenters. The maximum atomic E-state index is 11.9. The predicted molar refractivity (Wildman–Crippen MR) is 76.9 cm³/mol. The van der Waals surface area contributed by atoms with Crippen molar-refractivity contribution >= 4 is 23.2 Å². The summed E-state index contributed by atoms with van der Waals surface area (Å²) in [5.74, 6) is 0.527. The van der Waals surface area contributed by atoms with Crippen LogP contribution in [0.1, 0.15) is 28.8 Å². The van der Waals surface area contributed by atoms with Gasteiger partial charge >= 0.3 is 0 Å². The average Bonchev–Trinajstić information content (AvgIpc) is 2.79. The third-order valence-corrected chi connectivity index (χ3v) is 2.76. The SMILES string of the molecule is CC(=O)Nc1ccc(NC(=O)c2ccc(C)o2)cc1C. The van der Waals surface area contributed by atoms with E-state index in [1.54, 1.807) is 37.3 Å². The second-order valence-electron chi connectivity index (χ2n) is 4.58. The van der Waals surface area contributed by atoms with Gasteiger partial charge in [-0.15, -0.1) is 0 Å². The number of furan rings is 1. The Bertz CT molecular complexity index is 659. The van der Waals surface area contributed by atoms with Crippen molar-refractivity contribution in [3.63, 3.8) is 0 Å². The molecule has 0 aliphatic heterocycles. The lowest BCUT2D eigenvalue weighted by atomic mass is 10.1. The molecule has 2 rings (SSSR count). The second-order valence-corrected chi connectivity index (χ2v) is 4.58. The molecule has 0 aliphatic rings. The molecular formula is C15H16N2O3. The molecule has 0 radical (unpaired) electrons. The monoisotopic (exact) mass is 272 g/mol. The van der Waals surface area contributed by atoms with E-state index in [9.17, 15) is 9.59 Å². The van der Waals surface area contributed by atoms with E-state index in [1.165, 1.54) is 6.92 Å². The van der Waals surface area contributed by atoms with Gasteiger partial charge in [0.1, 0.15) is 5.76 Å². The van der Waals surface area contributed by atoms with Gasteiger partial charge < -0.3 is 15.1 Å². The molecule has 5 nitrogen and oxygen atoms in total. The number of benzene rings is 1. The third kappa shape index (κ3) is 3.26. The number of rotatable bonds is 3. The number of amides is 2. The van der Waals surface area contributed by atoms with Crippen LogP contribution in [0.15, 0.2) is 34.7 Å². The Labute approximate surface area is 117 Å². The van der Waals surface area contributed by atoms with Crippen LogP contribution in [-0.2, 0) is 4.79 Å². The summed E-state index contributed by atoms with van der Waals surface area (Å²) in [5.41, 5.74) is 2.24. The first kappa shape index (κ1) is 13.9. The number of carbonyl (C=O) groups excluding carboxylic acids is 2. The lowest BCUT2D eigenvalue weighted by Crippen LogP contribution is -2.12. The molecule has 0 unspecified atom stereocenters. The van der Waals surface area contributed by atoms with E-state index in [0.29, 0.717) is 11.4 Å². The van der Waals surface area contributed by atoms with Crippen LogP contribution in [0.5, 0.6) is 0 Å². The molecular weight excluding hydrogens is 256 g/mol. The molecule has 2 N–H and O–H groups in total. The van der Waals surface area contributed by atoms with Crippen LogP contribution in [0.3, 0.4) is 0 Å². The van der Waals surface area contributed by atoms with Crippen molar-refractivity contribution in [2.45, 2.75) is 20.8 Å². The van der Waals surface area contributed by atoms with Crippen molar-refractivity contribution < 1.29 is 14.0 Å². The summed E-state index contributed by atoms with van der Waals surface area (Å²) in [5, 5.41) is 5.47. The normalized spacial score (nSPS) is 10.2. The summed E-state index contributed by atoms with van der Waals surface area (Å²) in [6, 6.07) is 8.63. The fourth-order valence-corrected chi connectivity index (χ4v) is 1.82. The fraction of sp³-hybridized carbons (Fsp3) is 0.200. The molecule has 0 fully saturated rings. The van der Waals surface area contributed by atoms with Gasteiger partial charge in [-0.25, -0.2) is 0 Å². The third-order valence-electron chi connectivity index (χ3n) is 2.76. The van der Waals surface area contributed by atoms with Crippen LogP contribution >= 0.6 is 0 Å². The molecule has 0 bridgehead atoms. The molecule has 5 heteroatoms. The Hall–Kier alpha value is -2.56. The highest BCUT2D eigenvalue weighted by molar-refractivity contribution is 6.02. The van der Waals surface area contributed by atoms with Crippen LogP contribution < -0.4 is 10.6 Å². The van der Waals surface area contributed by atoms with Gasteiger partial charge in [0.2, 0.25) is 5.91 Å². The molecule has 2 amide bonds. The first-order chi connectivity index (χ1) is 9.45. The summed E-state index contributed by atoms with van der Waals surface area (Å²) in [6.45, 7) is 5.09. The molecule has 1 aromatic carbocycles. The molecule has 104 valence electrons. The van der Waals surface area contributed by atoms with Gasteiger partial charge in [-0.2, -0.15) is 0 Å². The maximum Gasteiger partial charge on any atom is 0.291 e. The Morgan fingerprint density at radius 3 is 2.35 bits per heavy atom. The zero-order valence-corrected chi connectivity index (χ0v) is 11.6. The maximum absolute atomic E-state index is 11.9. The van der Waals surface area contributed by atoms with E-state index >= 15 is 0 Å². The molecule has 0 spiro atoms. The lowest BCUT2D eigenvalue weighted by molar-refractivity contribution is -0.114. The van der Waals surface area contributed by atoms with Crippen LogP contribution in [-0.4, -0.2) is 11.8 Å². The van der Waals surface area contributed by atoms with E-state index in [4.69, 9.17) is 4.42 Å². The number of hydrogen-bond acceptors (Lipinski definition) is 3. The lowest BCUT2D eigenvalue weighted by Gasteiger charge is -2.09. The van der Waals surface area contributed by atoms with Crippen LogP contribution in [0.4, 0.5) is 11.4 Å². The number of carbonyl (C=O) groups is 2. The molecule has 1 aromatic heterocycles. The average molecular weight is 272 g/mol. The molecule has 0 saturated heterocycles. The molecule has 0 aliphatic carbocycles. The van der Waals surface area contributed by atoms with E-state index in [-0.39, 0.29) is 17.6 Å². The minimum absolute atomic E-state index is 0.129. The van der Waals surface area contributed by atoms with Gasteiger partial charge in [-0.3, -0.25) is 9.59 Å². The van der Waals surface area contributed by atoms with Crippen molar-refractivity contribution in [2.24, 2.45) is 0 Å². The second kappa shape index (κ2) is 5.61. The predicted octanol–water partition coefficient (Wildman–Crippen LogP) is 3.11. The van der Waals surface area contributed by atoms with Crippen molar-refractivity contribution in [1.82, 2.24) is 0 Å². The first-order valence-corrected chi connectivity index (χ1v) is 6.22. The van der Waals surface area contributed by atoms with Gasteiger partial charge in [0.25, 0.3) is 5.91 Å². The molecule has 1 heterocycles. The van der Waals surface area contributed by atoms with E-state index in [1.807, 2.05) is 6.92 Å². The molecule has 0 saturated carbocycles. The Morgan fingerprint density at radius 1 is 1.05 bits per heavy atom. The summed E-state index contributed by atoms with van der Waals surface area (Å²) < 4.78 is 5.26. The van der Waals surface area contributed by atoms with Gasteiger partial charge in [0, 0.05) is 18.3 Å². The fourth-order valence-electron chi connectivity index (χ4n) is 1.82. The van der Waals surface area contributed by atoms with Gasteiger partial charge in [-0.05, 0) is 49.7 Å². The smallest absolute Gasteiger partial charge is 0.291 e. The van der Waals surface area contributed by atoms with Crippen LogP contribution in [0.25, 0.3) is 0 Å². The summed E-state index contributed by atoms with van der Waals surface area (Å²) in [6.07, 6.45) is 0. The first-order valence-electron chi connectivity index (χ1n) is 6.22. The molecule has 20 heavy (non-hydrogen) atoms. The highest BCUT2D eigenvalue weighted by Gasteiger charge is 2.11. The van der Waals surface area contributed by atoms with Crippen molar-refractivity contribution in [3.05, 3.63) is 47.4 Å². The Balaban J connectivity index is 2.12. The number of hydrogen-bond donors (Lipinski definition) is 2. The highest BCUT2D eigenvalue weighted by Crippen LogP contribution is 2.20. The Morgan fingerprint density at radius 2 is 1.80 bits per heavy atom. The minimum Gasteiger partial charge on any atom is -0.456 e. The number of anilines is 2. The van der Waals surface area contributed by atoms with Crippen molar-refractivity contribution in [2.75, 3.05) is 10.6 Å². The van der Waals surface area contributed by atoms with Gasteiger partial charge in [0.05, 0.1) is 0 Å². The van der Waals surface area contributed by atoms with Gasteiger partial charge in [0.15, 0.2) is 5.76 Å². The summed E-state index contributed by atoms with van der Waals surface area (Å²) in [4.78, 5) is 22.9.